The SMILES string of the molecule is C=CCCCCC(O)CCCCCCCCCCCCCCCCCC. The van der Waals surface area contributed by atoms with Crippen LogP contribution in [-0.2, 0) is 0 Å². The average molecular weight is 367 g/mol. The summed E-state index contributed by atoms with van der Waals surface area (Å²) < 4.78 is 0. The standard InChI is InChI=1S/C25H50O/c1-3-5-7-9-10-11-12-13-14-15-16-17-18-19-20-22-24-25(26)23-21-8-6-4-2/h4,25-26H,2-3,5-24H2,1H3. The first-order valence-electron chi connectivity index (χ1n) is 12.1. The van der Waals surface area contributed by atoms with E-state index in [9.17, 15) is 5.11 Å². The van der Waals surface area contributed by atoms with E-state index in [1.807, 2.05) is 6.08 Å². The van der Waals surface area contributed by atoms with Crippen molar-refractivity contribution >= 4 is 0 Å². The molecule has 0 aromatic rings. The van der Waals surface area contributed by atoms with Crippen molar-refractivity contribution in [3.8, 4) is 0 Å². The lowest BCUT2D eigenvalue weighted by Crippen LogP contribution is -2.05. The van der Waals surface area contributed by atoms with Crippen LogP contribution in [0.4, 0.5) is 0 Å². The van der Waals surface area contributed by atoms with Crippen molar-refractivity contribution in [1.29, 1.82) is 0 Å². The Morgan fingerprint density at radius 1 is 0.577 bits per heavy atom. The van der Waals surface area contributed by atoms with Gasteiger partial charge < -0.3 is 5.11 Å². The van der Waals surface area contributed by atoms with Crippen LogP contribution >= 0.6 is 0 Å². The van der Waals surface area contributed by atoms with Gasteiger partial charge >= 0.3 is 0 Å². The van der Waals surface area contributed by atoms with Gasteiger partial charge in [0.05, 0.1) is 6.10 Å². The van der Waals surface area contributed by atoms with E-state index in [1.54, 1.807) is 0 Å². The van der Waals surface area contributed by atoms with Crippen LogP contribution in [0.3, 0.4) is 0 Å². The van der Waals surface area contributed by atoms with E-state index >= 15 is 0 Å². The van der Waals surface area contributed by atoms with Crippen molar-refractivity contribution in [1.82, 2.24) is 0 Å². The molecule has 0 aromatic carbocycles. The molecular formula is C25H50O. The molecule has 0 rings (SSSR count). The zero-order valence-corrected chi connectivity index (χ0v) is 18.2. The molecule has 1 heteroatoms. The van der Waals surface area contributed by atoms with Gasteiger partial charge in [-0.25, -0.2) is 0 Å². The fraction of sp³-hybridized carbons (Fsp3) is 0.920. The van der Waals surface area contributed by atoms with E-state index in [-0.39, 0.29) is 6.10 Å². The summed E-state index contributed by atoms with van der Waals surface area (Å²) in [5, 5.41) is 9.94. The predicted molar refractivity (Wildman–Crippen MR) is 119 cm³/mol. The Kier molecular flexibility index (Phi) is 22.5. The first-order valence-corrected chi connectivity index (χ1v) is 12.1. The number of rotatable bonds is 22. The summed E-state index contributed by atoms with van der Waals surface area (Å²) in [7, 11) is 0. The minimum absolute atomic E-state index is 0.0635. The molecule has 0 bridgehead atoms. The van der Waals surface area contributed by atoms with Crippen LogP contribution in [-0.4, -0.2) is 11.2 Å². The first-order chi connectivity index (χ1) is 12.8. The van der Waals surface area contributed by atoms with E-state index in [0.717, 1.165) is 25.7 Å². The van der Waals surface area contributed by atoms with Crippen molar-refractivity contribution in [3.05, 3.63) is 12.7 Å². The van der Waals surface area contributed by atoms with E-state index in [2.05, 4.69) is 13.5 Å². The highest BCUT2D eigenvalue weighted by Crippen LogP contribution is 2.15. The fourth-order valence-electron chi connectivity index (χ4n) is 3.74. The molecule has 0 aliphatic heterocycles. The van der Waals surface area contributed by atoms with Crippen LogP contribution in [0.1, 0.15) is 142 Å². The van der Waals surface area contributed by atoms with Gasteiger partial charge in [-0.2, -0.15) is 0 Å². The maximum Gasteiger partial charge on any atom is 0.0540 e. The molecule has 0 aromatic heterocycles. The highest BCUT2D eigenvalue weighted by Gasteiger charge is 2.03. The molecule has 1 N–H and O–H groups in total. The normalized spacial score (nSPS) is 12.4. The smallest absolute Gasteiger partial charge is 0.0540 e. The van der Waals surface area contributed by atoms with Gasteiger partial charge in [0.1, 0.15) is 0 Å². The van der Waals surface area contributed by atoms with Crippen molar-refractivity contribution in [3.63, 3.8) is 0 Å². The van der Waals surface area contributed by atoms with E-state index in [0.29, 0.717) is 0 Å². The van der Waals surface area contributed by atoms with Gasteiger partial charge in [0.2, 0.25) is 0 Å². The number of aliphatic hydroxyl groups excluding tert-OH is 1. The molecule has 0 heterocycles. The molecule has 1 unspecified atom stereocenters. The van der Waals surface area contributed by atoms with E-state index < -0.39 is 0 Å². The summed E-state index contributed by atoms with van der Waals surface area (Å²) in [4.78, 5) is 0. The van der Waals surface area contributed by atoms with Gasteiger partial charge in [-0.05, 0) is 25.7 Å². The van der Waals surface area contributed by atoms with Gasteiger partial charge in [0, 0.05) is 0 Å². The Balaban J connectivity index is 3.07. The van der Waals surface area contributed by atoms with Crippen LogP contribution in [0.5, 0.6) is 0 Å². The van der Waals surface area contributed by atoms with E-state index in [1.165, 1.54) is 109 Å². The molecule has 26 heavy (non-hydrogen) atoms. The first kappa shape index (κ1) is 25.7. The second-order valence-corrected chi connectivity index (χ2v) is 8.32. The maximum atomic E-state index is 9.94. The lowest BCUT2D eigenvalue weighted by molar-refractivity contribution is 0.147. The molecule has 0 saturated heterocycles. The van der Waals surface area contributed by atoms with Crippen LogP contribution < -0.4 is 0 Å². The highest BCUT2D eigenvalue weighted by molar-refractivity contribution is 4.66. The summed E-state index contributed by atoms with van der Waals surface area (Å²) in [6, 6.07) is 0. The van der Waals surface area contributed by atoms with Crippen LogP contribution in [0.2, 0.25) is 0 Å². The minimum atomic E-state index is -0.0635. The molecule has 0 amide bonds. The number of allylic oxidation sites excluding steroid dienone is 1. The highest BCUT2D eigenvalue weighted by atomic mass is 16.3. The van der Waals surface area contributed by atoms with Gasteiger partial charge in [-0.15, -0.1) is 6.58 Å². The Bertz CT molecular complexity index is 261. The third-order valence-electron chi connectivity index (χ3n) is 5.59. The molecule has 0 saturated carbocycles. The average Bonchev–Trinajstić information content (AvgIpc) is 2.65. The number of aliphatic hydroxyl groups is 1. The zero-order chi connectivity index (χ0) is 19.1. The Hall–Kier alpha value is -0.300. The van der Waals surface area contributed by atoms with E-state index in [4.69, 9.17) is 0 Å². The monoisotopic (exact) mass is 366 g/mol. The van der Waals surface area contributed by atoms with Gasteiger partial charge in [-0.3, -0.25) is 0 Å². The second kappa shape index (κ2) is 22.7. The third-order valence-corrected chi connectivity index (χ3v) is 5.59. The molecule has 0 aliphatic rings. The summed E-state index contributed by atoms with van der Waals surface area (Å²) >= 11 is 0. The Labute approximate surface area is 166 Å². The minimum Gasteiger partial charge on any atom is -0.393 e. The van der Waals surface area contributed by atoms with Crippen molar-refractivity contribution in [2.24, 2.45) is 0 Å². The second-order valence-electron chi connectivity index (χ2n) is 8.32. The molecule has 1 atom stereocenters. The quantitative estimate of drug-likeness (QED) is 0.150. The molecular weight excluding hydrogens is 316 g/mol. The van der Waals surface area contributed by atoms with Crippen molar-refractivity contribution in [2.75, 3.05) is 0 Å². The summed E-state index contributed by atoms with van der Waals surface area (Å²) in [5.41, 5.74) is 0. The van der Waals surface area contributed by atoms with Crippen LogP contribution in [0.15, 0.2) is 12.7 Å². The number of unbranched alkanes of at least 4 members (excludes halogenated alkanes) is 17. The van der Waals surface area contributed by atoms with Crippen LogP contribution in [0, 0.1) is 0 Å². The van der Waals surface area contributed by atoms with Crippen molar-refractivity contribution in [2.45, 2.75) is 148 Å². The molecule has 0 fully saturated rings. The largest absolute Gasteiger partial charge is 0.393 e. The Morgan fingerprint density at radius 2 is 0.923 bits per heavy atom. The molecule has 0 aliphatic carbocycles. The molecule has 1 nitrogen and oxygen atoms in total. The summed E-state index contributed by atoms with van der Waals surface area (Å²) in [6.45, 7) is 6.03. The summed E-state index contributed by atoms with van der Waals surface area (Å²) in [5.74, 6) is 0. The van der Waals surface area contributed by atoms with Gasteiger partial charge in [0.25, 0.3) is 0 Å². The van der Waals surface area contributed by atoms with Crippen molar-refractivity contribution < 1.29 is 5.11 Å². The van der Waals surface area contributed by atoms with Gasteiger partial charge in [-0.1, -0.05) is 122 Å². The lowest BCUT2D eigenvalue weighted by atomic mass is 10.0. The van der Waals surface area contributed by atoms with Gasteiger partial charge in [0.15, 0.2) is 0 Å². The van der Waals surface area contributed by atoms with Crippen LogP contribution in [0.25, 0.3) is 0 Å². The third kappa shape index (κ3) is 21.7. The molecule has 156 valence electrons. The maximum absolute atomic E-state index is 9.94. The topological polar surface area (TPSA) is 20.2 Å². The zero-order valence-electron chi connectivity index (χ0n) is 18.2. The lowest BCUT2D eigenvalue weighted by Gasteiger charge is -2.09. The Morgan fingerprint density at radius 3 is 1.31 bits per heavy atom. The summed E-state index contributed by atoms with van der Waals surface area (Å²) in [6.07, 6.45) is 29.9. The number of hydrogen-bond acceptors (Lipinski definition) is 1. The predicted octanol–water partition coefficient (Wildman–Crippen LogP) is 8.75. The molecule has 0 spiro atoms. The number of hydrogen-bond donors (Lipinski definition) is 1. The molecule has 0 radical (unpaired) electrons. The fourth-order valence-corrected chi connectivity index (χ4v) is 3.74.